The number of hydrogen-bond acceptors (Lipinski definition) is 3. The molecule has 2 unspecified atom stereocenters. The van der Waals surface area contributed by atoms with Crippen LogP contribution in [-0.4, -0.2) is 25.7 Å². The fourth-order valence-corrected chi connectivity index (χ4v) is 2.36. The van der Waals surface area contributed by atoms with E-state index in [1.807, 2.05) is 24.3 Å². The van der Waals surface area contributed by atoms with Crippen LogP contribution in [0.2, 0.25) is 0 Å². The number of carbonyl (C=O) groups is 1. The van der Waals surface area contributed by atoms with Crippen molar-refractivity contribution in [1.29, 1.82) is 0 Å². The highest BCUT2D eigenvalue weighted by Crippen LogP contribution is 2.21. The van der Waals surface area contributed by atoms with Crippen LogP contribution in [0.15, 0.2) is 28.7 Å². The zero-order valence-corrected chi connectivity index (χ0v) is 13.8. The van der Waals surface area contributed by atoms with E-state index in [2.05, 4.69) is 21.2 Å². The largest absolute Gasteiger partial charge is 0.381 e. The molecule has 1 aromatic carbocycles. The Kier molecular flexibility index (Phi) is 6.45. The number of hydrogen-bond donors (Lipinski definition) is 2. The number of halogens is 2. The molecule has 2 atom stereocenters. The van der Waals surface area contributed by atoms with Crippen LogP contribution in [0, 0.1) is 5.92 Å². The van der Waals surface area contributed by atoms with Crippen LogP contribution < -0.4 is 11.1 Å². The van der Waals surface area contributed by atoms with Crippen molar-refractivity contribution < 1.29 is 9.53 Å². The molecule has 112 valence electrons. The Bertz CT molecular complexity index is 445. The van der Waals surface area contributed by atoms with Crippen LogP contribution in [-0.2, 0) is 15.1 Å². The molecule has 0 bridgehead atoms. The van der Waals surface area contributed by atoms with Gasteiger partial charge in [-0.1, -0.05) is 28.1 Å². The fourth-order valence-electron chi connectivity index (χ4n) is 2.09. The minimum atomic E-state index is -1.01. The molecule has 0 spiro atoms. The highest BCUT2D eigenvalue weighted by atomic mass is 79.9. The Morgan fingerprint density at radius 1 is 1.50 bits per heavy atom. The summed E-state index contributed by atoms with van der Waals surface area (Å²) in [6, 6.07) is 7.50. The Balaban J connectivity index is 0.00000200. The van der Waals surface area contributed by atoms with E-state index in [9.17, 15) is 4.79 Å². The average molecular weight is 364 g/mol. The highest BCUT2D eigenvalue weighted by molar-refractivity contribution is 9.10. The summed E-state index contributed by atoms with van der Waals surface area (Å²) >= 11 is 3.37. The molecule has 1 heterocycles. The minimum absolute atomic E-state index is 0. The van der Waals surface area contributed by atoms with E-state index in [1.165, 1.54) is 0 Å². The summed E-state index contributed by atoms with van der Waals surface area (Å²) in [6.07, 6.45) is 1.000. The Morgan fingerprint density at radius 2 is 2.15 bits per heavy atom. The summed E-state index contributed by atoms with van der Waals surface area (Å²) in [7, 11) is 0. The second-order valence-electron chi connectivity index (χ2n) is 5.15. The smallest absolute Gasteiger partial charge is 0.244 e. The van der Waals surface area contributed by atoms with Gasteiger partial charge in [0.05, 0.1) is 6.61 Å². The van der Waals surface area contributed by atoms with Crippen molar-refractivity contribution in [1.82, 2.24) is 5.32 Å². The van der Waals surface area contributed by atoms with Gasteiger partial charge in [-0.2, -0.15) is 0 Å². The van der Waals surface area contributed by atoms with E-state index in [-0.39, 0.29) is 18.3 Å². The number of amides is 1. The first-order valence-corrected chi connectivity index (χ1v) is 7.20. The molecule has 1 amide bonds. The first-order chi connectivity index (χ1) is 9.00. The molecule has 0 aromatic heterocycles. The van der Waals surface area contributed by atoms with E-state index in [0.717, 1.165) is 29.7 Å². The fraction of sp³-hybridized carbons (Fsp3) is 0.500. The van der Waals surface area contributed by atoms with Gasteiger partial charge in [-0.05, 0) is 31.0 Å². The van der Waals surface area contributed by atoms with Crippen LogP contribution >= 0.6 is 28.3 Å². The summed E-state index contributed by atoms with van der Waals surface area (Å²) in [5.74, 6) is 0.256. The standard InChI is InChI=1S/C14H19BrN2O2.ClH/c1-14(16,11-2-4-12(15)5-3-11)13(18)17-8-10-6-7-19-9-10;/h2-5,10H,6-9,16H2,1H3,(H,17,18);1H. The Hall–Kier alpha value is -0.620. The SMILES string of the molecule is CC(N)(C(=O)NCC1CCOC1)c1ccc(Br)cc1.Cl. The third-order valence-corrected chi connectivity index (χ3v) is 4.02. The molecule has 6 heteroatoms. The third kappa shape index (κ3) is 4.19. The zero-order chi connectivity index (χ0) is 13.9. The van der Waals surface area contributed by atoms with Gasteiger partial charge in [-0.3, -0.25) is 4.79 Å². The second-order valence-corrected chi connectivity index (χ2v) is 6.06. The molecular weight excluding hydrogens is 344 g/mol. The van der Waals surface area contributed by atoms with Crippen LogP contribution in [0.1, 0.15) is 18.9 Å². The normalized spacial score (nSPS) is 20.9. The van der Waals surface area contributed by atoms with E-state index in [0.29, 0.717) is 12.5 Å². The van der Waals surface area contributed by atoms with E-state index in [1.54, 1.807) is 6.92 Å². The Morgan fingerprint density at radius 3 is 2.70 bits per heavy atom. The monoisotopic (exact) mass is 362 g/mol. The van der Waals surface area contributed by atoms with Gasteiger partial charge in [0.25, 0.3) is 0 Å². The van der Waals surface area contributed by atoms with Crippen molar-refractivity contribution in [3.63, 3.8) is 0 Å². The van der Waals surface area contributed by atoms with Gasteiger partial charge in [0.1, 0.15) is 5.54 Å². The maximum absolute atomic E-state index is 12.2. The van der Waals surface area contributed by atoms with Crippen LogP contribution in [0.5, 0.6) is 0 Å². The lowest BCUT2D eigenvalue weighted by molar-refractivity contribution is -0.126. The number of nitrogens with two attached hydrogens (primary N) is 1. The van der Waals surface area contributed by atoms with Crippen molar-refractivity contribution in [2.45, 2.75) is 18.9 Å². The summed E-state index contributed by atoms with van der Waals surface area (Å²) in [6.45, 7) is 3.87. The quantitative estimate of drug-likeness (QED) is 0.862. The molecule has 1 fully saturated rings. The molecule has 0 saturated carbocycles. The molecule has 2 rings (SSSR count). The lowest BCUT2D eigenvalue weighted by Crippen LogP contribution is -2.50. The van der Waals surface area contributed by atoms with Crippen molar-refractivity contribution in [3.05, 3.63) is 34.3 Å². The summed E-state index contributed by atoms with van der Waals surface area (Å²) in [5.41, 5.74) is 5.95. The Labute approximate surface area is 134 Å². The van der Waals surface area contributed by atoms with Gasteiger partial charge in [0.15, 0.2) is 0 Å². The molecule has 4 nitrogen and oxygen atoms in total. The van der Waals surface area contributed by atoms with Crippen LogP contribution in [0.4, 0.5) is 0 Å². The maximum atomic E-state index is 12.2. The summed E-state index contributed by atoms with van der Waals surface area (Å²) in [5, 5.41) is 2.92. The third-order valence-electron chi connectivity index (χ3n) is 3.49. The molecule has 3 N–H and O–H groups in total. The predicted octanol–water partition coefficient (Wildman–Crippen LogP) is 2.20. The second kappa shape index (κ2) is 7.41. The molecule has 0 aliphatic carbocycles. The number of benzene rings is 1. The van der Waals surface area contributed by atoms with Gasteiger partial charge < -0.3 is 15.8 Å². The lowest BCUT2D eigenvalue weighted by atomic mass is 9.92. The first-order valence-electron chi connectivity index (χ1n) is 6.41. The van der Waals surface area contributed by atoms with Crippen molar-refractivity contribution in [3.8, 4) is 0 Å². The molecule has 1 aromatic rings. The highest BCUT2D eigenvalue weighted by Gasteiger charge is 2.31. The van der Waals surface area contributed by atoms with Crippen molar-refractivity contribution in [2.75, 3.05) is 19.8 Å². The van der Waals surface area contributed by atoms with E-state index < -0.39 is 5.54 Å². The van der Waals surface area contributed by atoms with E-state index in [4.69, 9.17) is 10.5 Å². The average Bonchev–Trinajstić information content (AvgIpc) is 2.89. The predicted molar refractivity (Wildman–Crippen MR) is 84.9 cm³/mol. The molecule has 0 radical (unpaired) electrons. The minimum Gasteiger partial charge on any atom is -0.381 e. The molecule has 1 aliphatic rings. The van der Waals surface area contributed by atoms with Crippen LogP contribution in [0.3, 0.4) is 0 Å². The van der Waals surface area contributed by atoms with Crippen molar-refractivity contribution >= 4 is 34.2 Å². The van der Waals surface area contributed by atoms with Gasteiger partial charge >= 0.3 is 0 Å². The van der Waals surface area contributed by atoms with Gasteiger partial charge in [0, 0.05) is 23.5 Å². The van der Waals surface area contributed by atoms with Crippen molar-refractivity contribution in [2.24, 2.45) is 11.7 Å². The molecular formula is C14H20BrClN2O2. The molecule has 20 heavy (non-hydrogen) atoms. The van der Waals surface area contributed by atoms with Gasteiger partial charge in [-0.15, -0.1) is 12.4 Å². The summed E-state index contributed by atoms with van der Waals surface area (Å²) in [4.78, 5) is 12.2. The maximum Gasteiger partial charge on any atom is 0.244 e. The number of carbonyl (C=O) groups excluding carboxylic acids is 1. The van der Waals surface area contributed by atoms with Crippen LogP contribution in [0.25, 0.3) is 0 Å². The number of ether oxygens (including phenoxy) is 1. The zero-order valence-electron chi connectivity index (χ0n) is 11.4. The topological polar surface area (TPSA) is 64.4 Å². The number of rotatable bonds is 4. The summed E-state index contributed by atoms with van der Waals surface area (Å²) < 4.78 is 6.25. The van der Waals surface area contributed by atoms with E-state index >= 15 is 0 Å². The first kappa shape index (κ1) is 17.4. The van der Waals surface area contributed by atoms with Gasteiger partial charge in [0.2, 0.25) is 5.91 Å². The molecule has 1 aliphatic heterocycles. The number of nitrogens with one attached hydrogen (secondary N) is 1. The molecule has 1 saturated heterocycles. The lowest BCUT2D eigenvalue weighted by Gasteiger charge is -2.25. The van der Waals surface area contributed by atoms with Gasteiger partial charge in [-0.25, -0.2) is 0 Å².